The van der Waals surface area contributed by atoms with E-state index in [0.717, 1.165) is 30.2 Å². The first-order chi connectivity index (χ1) is 7.43. The molecule has 2 aliphatic heterocycles. The Bertz CT molecular complexity index is 457. The van der Waals surface area contributed by atoms with Gasteiger partial charge in [-0.05, 0) is 12.2 Å². The van der Waals surface area contributed by atoms with Crippen LogP contribution < -0.4 is 0 Å². The van der Waals surface area contributed by atoms with Gasteiger partial charge < -0.3 is 0 Å². The fourth-order valence-corrected chi connectivity index (χ4v) is 1.78. The molecule has 0 saturated heterocycles. The second kappa shape index (κ2) is 3.35. The van der Waals surface area contributed by atoms with Gasteiger partial charge in [0.2, 0.25) is 0 Å². The molecule has 0 atom stereocenters. The Hall–Kier alpha value is -1.90. The van der Waals surface area contributed by atoms with Gasteiger partial charge in [-0.2, -0.15) is 5.10 Å². The van der Waals surface area contributed by atoms with Gasteiger partial charge >= 0.3 is 0 Å². The molecular formula is C12H11N3. The maximum absolute atomic E-state index is 4.55. The first kappa shape index (κ1) is 8.41. The van der Waals surface area contributed by atoms with E-state index in [1.54, 1.807) is 0 Å². The Morgan fingerprint density at radius 3 is 2.80 bits per heavy atom. The van der Waals surface area contributed by atoms with Crippen LogP contribution in [0.15, 0.2) is 52.6 Å². The number of nitrogens with zero attached hydrogens (tertiary/aromatic N) is 3. The number of benzene rings is 1. The van der Waals surface area contributed by atoms with Crippen molar-refractivity contribution in [2.24, 2.45) is 10.1 Å². The number of hydrogen-bond donors (Lipinski definition) is 0. The molecule has 2 heterocycles. The maximum atomic E-state index is 4.55. The van der Waals surface area contributed by atoms with Gasteiger partial charge in [0.15, 0.2) is 0 Å². The van der Waals surface area contributed by atoms with Crippen LogP contribution in [0.4, 0.5) is 0 Å². The summed E-state index contributed by atoms with van der Waals surface area (Å²) in [5.74, 6) is 0.981. The van der Waals surface area contributed by atoms with E-state index in [4.69, 9.17) is 0 Å². The van der Waals surface area contributed by atoms with Crippen LogP contribution in [0.5, 0.6) is 0 Å². The molecule has 0 spiro atoms. The van der Waals surface area contributed by atoms with Gasteiger partial charge in [0, 0.05) is 5.56 Å². The van der Waals surface area contributed by atoms with E-state index in [0.29, 0.717) is 0 Å². The van der Waals surface area contributed by atoms with Crippen molar-refractivity contribution in [1.82, 2.24) is 5.01 Å². The van der Waals surface area contributed by atoms with Crippen LogP contribution in [0.3, 0.4) is 0 Å². The lowest BCUT2D eigenvalue weighted by molar-refractivity contribution is 0.490. The average Bonchev–Trinajstić information content (AvgIpc) is 2.77. The van der Waals surface area contributed by atoms with Crippen molar-refractivity contribution in [3.05, 3.63) is 48.0 Å². The minimum absolute atomic E-state index is 0.852. The second-order valence-electron chi connectivity index (χ2n) is 3.55. The van der Waals surface area contributed by atoms with Crippen molar-refractivity contribution in [2.45, 2.75) is 0 Å². The molecule has 3 nitrogen and oxygen atoms in total. The number of aliphatic imine (C=N–C) groups is 1. The Balaban J connectivity index is 1.97. The number of fused-ring (bicyclic) bond motifs is 1. The molecule has 0 radical (unpaired) electrons. The molecule has 0 bridgehead atoms. The smallest absolute Gasteiger partial charge is 0.144 e. The van der Waals surface area contributed by atoms with Crippen molar-refractivity contribution in [2.75, 3.05) is 13.1 Å². The molecule has 0 unspecified atom stereocenters. The van der Waals surface area contributed by atoms with Crippen molar-refractivity contribution in [3.8, 4) is 0 Å². The van der Waals surface area contributed by atoms with Crippen LogP contribution in [0.25, 0.3) is 0 Å². The third-order valence-electron chi connectivity index (χ3n) is 2.54. The Labute approximate surface area is 88.4 Å². The van der Waals surface area contributed by atoms with E-state index in [2.05, 4.69) is 22.2 Å². The molecule has 0 aromatic heterocycles. The number of hydrazone groups is 1. The van der Waals surface area contributed by atoms with E-state index in [1.807, 2.05) is 35.4 Å². The van der Waals surface area contributed by atoms with Crippen LogP contribution in [0.1, 0.15) is 5.56 Å². The summed E-state index contributed by atoms with van der Waals surface area (Å²) in [5, 5.41) is 6.51. The highest BCUT2D eigenvalue weighted by Crippen LogP contribution is 2.13. The van der Waals surface area contributed by atoms with E-state index in [1.165, 1.54) is 0 Å². The number of hydrogen-bond acceptors (Lipinski definition) is 3. The van der Waals surface area contributed by atoms with Gasteiger partial charge in [-0.25, -0.2) is 5.01 Å². The minimum Gasteiger partial charge on any atom is -0.265 e. The van der Waals surface area contributed by atoms with Crippen LogP contribution >= 0.6 is 0 Å². The zero-order chi connectivity index (χ0) is 10.1. The molecule has 0 fully saturated rings. The molecule has 0 N–H and O–H groups in total. The fourth-order valence-electron chi connectivity index (χ4n) is 1.78. The van der Waals surface area contributed by atoms with Crippen molar-refractivity contribution < 1.29 is 0 Å². The van der Waals surface area contributed by atoms with Crippen LogP contribution in [0.2, 0.25) is 0 Å². The van der Waals surface area contributed by atoms with Crippen molar-refractivity contribution >= 4 is 11.5 Å². The predicted molar refractivity (Wildman–Crippen MR) is 61.1 cm³/mol. The second-order valence-corrected chi connectivity index (χ2v) is 3.55. The monoisotopic (exact) mass is 197 g/mol. The topological polar surface area (TPSA) is 28.0 Å². The molecule has 15 heavy (non-hydrogen) atoms. The molecule has 2 aliphatic rings. The van der Waals surface area contributed by atoms with Gasteiger partial charge in [0.1, 0.15) is 5.84 Å². The lowest BCUT2D eigenvalue weighted by Crippen LogP contribution is -2.25. The molecular weight excluding hydrogens is 186 g/mol. The van der Waals surface area contributed by atoms with Gasteiger partial charge in [-0.1, -0.05) is 30.3 Å². The zero-order valence-electron chi connectivity index (χ0n) is 8.30. The molecule has 3 heteroatoms. The molecule has 0 aliphatic carbocycles. The summed E-state index contributed by atoms with van der Waals surface area (Å²) in [5.41, 5.74) is 2.16. The molecule has 3 rings (SSSR count). The van der Waals surface area contributed by atoms with Crippen molar-refractivity contribution in [1.29, 1.82) is 0 Å². The van der Waals surface area contributed by atoms with Crippen LogP contribution in [-0.2, 0) is 0 Å². The third-order valence-corrected chi connectivity index (χ3v) is 2.54. The number of rotatable bonds is 1. The molecule has 74 valence electrons. The highest BCUT2D eigenvalue weighted by Gasteiger charge is 2.17. The quantitative estimate of drug-likeness (QED) is 0.673. The summed E-state index contributed by atoms with van der Waals surface area (Å²) in [6.45, 7) is 1.75. The van der Waals surface area contributed by atoms with Gasteiger partial charge in [-0.3, -0.25) is 4.99 Å². The summed E-state index contributed by atoms with van der Waals surface area (Å²) in [7, 11) is 0. The SMILES string of the molecule is C1=CC2=NCCN2N=C1c1ccccc1. The summed E-state index contributed by atoms with van der Waals surface area (Å²) >= 11 is 0. The molecule has 0 amide bonds. The first-order valence-corrected chi connectivity index (χ1v) is 5.07. The third kappa shape index (κ3) is 1.46. The minimum atomic E-state index is 0.852. The van der Waals surface area contributed by atoms with E-state index < -0.39 is 0 Å². The predicted octanol–water partition coefficient (Wildman–Crippen LogP) is 1.67. The highest BCUT2D eigenvalue weighted by atomic mass is 15.5. The van der Waals surface area contributed by atoms with Crippen molar-refractivity contribution in [3.63, 3.8) is 0 Å². The zero-order valence-corrected chi connectivity index (χ0v) is 8.30. The lowest BCUT2D eigenvalue weighted by atomic mass is 10.1. The standard InChI is InChI=1S/C12H11N3/c1-2-4-10(5-3-1)11-6-7-12-13-8-9-15(12)14-11/h1-7H,8-9H2. The van der Waals surface area contributed by atoms with E-state index in [9.17, 15) is 0 Å². The summed E-state index contributed by atoms with van der Waals surface area (Å²) < 4.78 is 0. The largest absolute Gasteiger partial charge is 0.265 e. The summed E-state index contributed by atoms with van der Waals surface area (Å²) in [4.78, 5) is 4.33. The summed E-state index contributed by atoms with van der Waals surface area (Å²) in [6, 6.07) is 10.2. The number of allylic oxidation sites excluding steroid dienone is 1. The fraction of sp³-hybridized carbons (Fsp3) is 0.167. The lowest BCUT2D eigenvalue weighted by Gasteiger charge is -2.17. The van der Waals surface area contributed by atoms with Gasteiger partial charge in [0.25, 0.3) is 0 Å². The van der Waals surface area contributed by atoms with Crippen LogP contribution in [-0.4, -0.2) is 29.6 Å². The molecule has 1 aromatic rings. The first-order valence-electron chi connectivity index (χ1n) is 5.07. The maximum Gasteiger partial charge on any atom is 0.144 e. The van der Waals surface area contributed by atoms with E-state index in [-0.39, 0.29) is 0 Å². The van der Waals surface area contributed by atoms with E-state index >= 15 is 0 Å². The van der Waals surface area contributed by atoms with Crippen LogP contribution in [0, 0.1) is 0 Å². The Morgan fingerprint density at radius 1 is 1.07 bits per heavy atom. The molecule has 1 aromatic carbocycles. The Morgan fingerprint density at radius 2 is 1.93 bits per heavy atom. The normalized spacial score (nSPS) is 18.5. The Kier molecular flexibility index (Phi) is 1.88. The average molecular weight is 197 g/mol. The summed E-state index contributed by atoms with van der Waals surface area (Å²) in [6.07, 6.45) is 4.05. The van der Waals surface area contributed by atoms with Gasteiger partial charge in [-0.15, -0.1) is 0 Å². The highest BCUT2D eigenvalue weighted by molar-refractivity contribution is 6.14. The van der Waals surface area contributed by atoms with Gasteiger partial charge in [0.05, 0.1) is 18.8 Å². The number of amidine groups is 1. The molecule has 0 saturated carbocycles.